The molecule has 4 rings (SSSR count). The molecule has 0 aliphatic carbocycles. The lowest BCUT2D eigenvalue weighted by Gasteiger charge is -2.18. The topological polar surface area (TPSA) is 109 Å². The number of carboxylic acids is 2. The summed E-state index contributed by atoms with van der Waals surface area (Å²) in [5.74, 6) is -1.91. The number of aliphatic carboxylic acids is 2. The largest absolute Gasteiger partial charge is 0.480 e. The van der Waals surface area contributed by atoms with Crippen LogP contribution in [0, 0.1) is 5.92 Å². The standard InChI is InChI=1S/2C19H20O3S/c1-13(12-18(19(21)22)23-14(2)20)15-8-10-17(11-9-15)16-6-4-3-5-7-16;1-13(18(19(21)22)23-14(2)20)12-15-8-10-17(11-9-15)16-6-4-3-5-7-16/h2*3-11,13,18H,12H2,1-2H3,(H,21,22). The van der Waals surface area contributed by atoms with Gasteiger partial charge in [-0.2, -0.15) is 0 Å². The molecule has 0 aliphatic heterocycles. The molecule has 0 aliphatic rings. The molecule has 0 saturated heterocycles. The molecule has 0 saturated carbocycles. The minimum atomic E-state index is -0.932. The molecule has 0 aromatic heterocycles. The summed E-state index contributed by atoms with van der Waals surface area (Å²) in [6, 6.07) is 36.5. The highest BCUT2D eigenvalue weighted by Crippen LogP contribution is 2.29. The molecule has 0 amide bonds. The summed E-state index contributed by atoms with van der Waals surface area (Å²) < 4.78 is 0. The number of carboxylic acid groups (broad SMARTS) is 2. The molecule has 0 bridgehead atoms. The molecule has 4 aromatic rings. The zero-order valence-corrected chi connectivity index (χ0v) is 28.1. The molecular formula is C38H40O6S2. The first-order valence-electron chi connectivity index (χ1n) is 15.0. The van der Waals surface area contributed by atoms with Crippen molar-refractivity contribution >= 4 is 45.7 Å². The van der Waals surface area contributed by atoms with Crippen LogP contribution in [-0.4, -0.2) is 42.9 Å². The smallest absolute Gasteiger partial charge is 0.317 e. The molecule has 0 radical (unpaired) electrons. The first-order valence-corrected chi connectivity index (χ1v) is 16.8. The summed E-state index contributed by atoms with van der Waals surface area (Å²) in [5.41, 5.74) is 6.74. The minimum Gasteiger partial charge on any atom is -0.480 e. The second kappa shape index (κ2) is 18.1. The number of thioether (sulfide) groups is 2. The number of hydrogen-bond donors (Lipinski definition) is 2. The van der Waals surface area contributed by atoms with E-state index in [1.807, 2.05) is 86.6 Å². The molecule has 46 heavy (non-hydrogen) atoms. The van der Waals surface area contributed by atoms with Crippen LogP contribution in [0.5, 0.6) is 0 Å². The Bertz CT molecular complexity index is 1570. The van der Waals surface area contributed by atoms with Crippen molar-refractivity contribution in [3.05, 3.63) is 120 Å². The van der Waals surface area contributed by atoms with Crippen molar-refractivity contribution < 1.29 is 29.4 Å². The third kappa shape index (κ3) is 11.7. The van der Waals surface area contributed by atoms with Crippen LogP contribution in [-0.2, 0) is 25.6 Å². The van der Waals surface area contributed by atoms with Gasteiger partial charge in [-0.25, -0.2) is 0 Å². The Hall–Kier alpha value is -4.14. The van der Waals surface area contributed by atoms with E-state index in [0.29, 0.717) is 12.8 Å². The van der Waals surface area contributed by atoms with Crippen LogP contribution in [0.15, 0.2) is 109 Å². The predicted molar refractivity (Wildman–Crippen MR) is 189 cm³/mol. The van der Waals surface area contributed by atoms with E-state index in [9.17, 15) is 29.4 Å². The van der Waals surface area contributed by atoms with Crippen molar-refractivity contribution in [1.82, 2.24) is 0 Å². The van der Waals surface area contributed by atoms with E-state index in [1.165, 1.54) is 13.8 Å². The molecular weight excluding hydrogens is 617 g/mol. The zero-order valence-electron chi connectivity index (χ0n) is 26.5. The maximum absolute atomic E-state index is 11.3. The lowest BCUT2D eigenvalue weighted by molar-refractivity contribution is -0.138. The maximum atomic E-state index is 11.3. The fourth-order valence-corrected chi connectivity index (χ4v) is 6.70. The summed E-state index contributed by atoms with van der Waals surface area (Å²) in [7, 11) is 0. The lowest BCUT2D eigenvalue weighted by atomic mass is 9.94. The van der Waals surface area contributed by atoms with Gasteiger partial charge in [-0.05, 0) is 58.1 Å². The van der Waals surface area contributed by atoms with E-state index in [-0.39, 0.29) is 22.1 Å². The van der Waals surface area contributed by atoms with Crippen molar-refractivity contribution in [3.8, 4) is 22.3 Å². The third-order valence-corrected chi connectivity index (χ3v) is 9.67. The molecule has 4 unspecified atom stereocenters. The monoisotopic (exact) mass is 656 g/mol. The zero-order chi connectivity index (χ0) is 33.6. The summed E-state index contributed by atoms with van der Waals surface area (Å²) in [5, 5.41) is 16.8. The van der Waals surface area contributed by atoms with Crippen LogP contribution < -0.4 is 0 Å². The maximum Gasteiger partial charge on any atom is 0.317 e. The molecule has 0 heterocycles. The Labute approximate surface area is 279 Å². The predicted octanol–water partition coefficient (Wildman–Crippen LogP) is 8.85. The van der Waals surface area contributed by atoms with Gasteiger partial charge in [-0.1, -0.05) is 147 Å². The molecule has 4 atom stereocenters. The van der Waals surface area contributed by atoms with Crippen LogP contribution in [0.25, 0.3) is 22.3 Å². The molecule has 8 heteroatoms. The van der Waals surface area contributed by atoms with Crippen LogP contribution in [0.2, 0.25) is 0 Å². The van der Waals surface area contributed by atoms with Gasteiger partial charge in [0.05, 0.1) is 0 Å². The normalized spacial score (nSPS) is 13.3. The average molecular weight is 657 g/mol. The van der Waals surface area contributed by atoms with Gasteiger partial charge in [-0.15, -0.1) is 0 Å². The van der Waals surface area contributed by atoms with Crippen molar-refractivity contribution in [2.24, 2.45) is 5.92 Å². The molecule has 0 spiro atoms. The van der Waals surface area contributed by atoms with E-state index in [4.69, 9.17) is 0 Å². The Morgan fingerprint density at radius 3 is 1.43 bits per heavy atom. The van der Waals surface area contributed by atoms with Crippen LogP contribution in [0.4, 0.5) is 0 Å². The van der Waals surface area contributed by atoms with Gasteiger partial charge in [0, 0.05) is 13.8 Å². The van der Waals surface area contributed by atoms with Gasteiger partial charge >= 0.3 is 11.9 Å². The molecule has 2 N–H and O–H groups in total. The number of carbonyl (C=O) groups is 4. The van der Waals surface area contributed by atoms with Crippen LogP contribution in [0.3, 0.4) is 0 Å². The number of rotatable bonds is 12. The summed E-state index contributed by atoms with van der Waals surface area (Å²) in [6.45, 7) is 6.68. The van der Waals surface area contributed by atoms with E-state index in [1.54, 1.807) is 0 Å². The van der Waals surface area contributed by atoms with Crippen molar-refractivity contribution in [2.75, 3.05) is 0 Å². The molecule has 4 aromatic carbocycles. The first-order chi connectivity index (χ1) is 21.9. The van der Waals surface area contributed by atoms with E-state index >= 15 is 0 Å². The first kappa shape index (κ1) is 36.3. The Morgan fingerprint density at radius 1 is 0.587 bits per heavy atom. The summed E-state index contributed by atoms with van der Waals surface area (Å²) in [4.78, 5) is 45.0. The van der Waals surface area contributed by atoms with Gasteiger partial charge in [0.2, 0.25) is 0 Å². The van der Waals surface area contributed by atoms with E-state index < -0.39 is 22.4 Å². The van der Waals surface area contributed by atoms with Gasteiger partial charge in [0.15, 0.2) is 10.2 Å². The fourth-order valence-electron chi connectivity index (χ4n) is 5.02. The summed E-state index contributed by atoms with van der Waals surface area (Å²) in [6.07, 6.45) is 1.07. The van der Waals surface area contributed by atoms with Gasteiger partial charge in [0.1, 0.15) is 10.5 Å². The molecule has 0 fully saturated rings. The van der Waals surface area contributed by atoms with Gasteiger partial charge in [0.25, 0.3) is 0 Å². The number of carbonyl (C=O) groups excluding carboxylic acids is 2. The fraction of sp³-hybridized carbons (Fsp3) is 0.263. The Kier molecular flexibility index (Phi) is 14.3. The number of benzene rings is 4. The lowest BCUT2D eigenvalue weighted by Crippen LogP contribution is -2.27. The average Bonchev–Trinajstić information content (AvgIpc) is 3.04. The van der Waals surface area contributed by atoms with Crippen molar-refractivity contribution in [2.45, 2.75) is 57.0 Å². The van der Waals surface area contributed by atoms with Crippen molar-refractivity contribution in [3.63, 3.8) is 0 Å². The van der Waals surface area contributed by atoms with Crippen molar-refractivity contribution in [1.29, 1.82) is 0 Å². The second-order valence-electron chi connectivity index (χ2n) is 11.2. The Balaban J connectivity index is 0.000000250. The minimum absolute atomic E-state index is 0.0766. The van der Waals surface area contributed by atoms with E-state index in [0.717, 1.165) is 56.9 Å². The molecule has 6 nitrogen and oxygen atoms in total. The van der Waals surface area contributed by atoms with Gasteiger partial charge < -0.3 is 10.2 Å². The highest BCUT2D eigenvalue weighted by atomic mass is 32.2. The summed E-state index contributed by atoms with van der Waals surface area (Å²) >= 11 is 1.79. The second-order valence-corrected chi connectivity index (χ2v) is 13.9. The number of hydrogen-bond acceptors (Lipinski definition) is 6. The van der Waals surface area contributed by atoms with Gasteiger partial charge in [-0.3, -0.25) is 19.2 Å². The third-order valence-electron chi connectivity index (χ3n) is 7.41. The molecule has 240 valence electrons. The van der Waals surface area contributed by atoms with E-state index in [2.05, 4.69) is 36.4 Å². The highest BCUT2D eigenvalue weighted by molar-refractivity contribution is 8.14. The van der Waals surface area contributed by atoms with Crippen LogP contribution >= 0.6 is 23.5 Å². The van der Waals surface area contributed by atoms with Crippen LogP contribution in [0.1, 0.15) is 51.2 Å². The highest BCUT2D eigenvalue weighted by Gasteiger charge is 2.27. The quantitative estimate of drug-likeness (QED) is 0.156. The Morgan fingerprint density at radius 2 is 1.02 bits per heavy atom. The SMILES string of the molecule is CC(=O)SC(C(=O)O)C(C)Cc1ccc(-c2ccccc2)cc1.CC(=O)SC(CC(C)c1ccc(-c2ccccc2)cc1)C(=O)O.